The molecule has 0 spiro atoms. The van der Waals surface area contributed by atoms with Crippen LogP contribution in [-0.4, -0.2) is 61.0 Å². The van der Waals surface area contributed by atoms with Gasteiger partial charge >= 0.3 is 0 Å². The van der Waals surface area contributed by atoms with Crippen molar-refractivity contribution in [2.45, 2.75) is 18.3 Å². The van der Waals surface area contributed by atoms with Crippen LogP contribution in [0, 0.1) is 5.92 Å². The molecule has 0 fully saturated rings. The van der Waals surface area contributed by atoms with Crippen molar-refractivity contribution in [1.82, 2.24) is 14.8 Å². The lowest BCUT2D eigenvalue weighted by Crippen LogP contribution is -2.37. The highest BCUT2D eigenvalue weighted by Crippen LogP contribution is 2.28. The third kappa shape index (κ3) is 5.32. The molecule has 5 nitrogen and oxygen atoms in total. The number of anilines is 1. The molecule has 2 aromatic rings. The Morgan fingerprint density at radius 1 is 1.48 bits per heavy atom. The van der Waals surface area contributed by atoms with Gasteiger partial charge in [-0.05, 0) is 19.1 Å². The molecule has 0 saturated carbocycles. The van der Waals surface area contributed by atoms with Crippen LogP contribution in [0.4, 0.5) is 5.69 Å². The van der Waals surface area contributed by atoms with Crippen LogP contribution in [0.5, 0.6) is 0 Å². The number of halogens is 1. The number of pyridine rings is 1. The average molecular weight is 374 g/mol. The van der Waals surface area contributed by atoms with Crippen molar-refractivity contribution >= 4 is 58.5 Å². The lowest BCUT2D eigenvalue weighted by molar-refractivity contribution is -0.121. The summed E-state index contributed by atoms with van der Waals surface area (Å²) in [5.74, 6) is 0.738. The molecule has 0 aliphatic carbocycles. The van der Waals surface area contributed by atoms with E-state index in [2.05, 4.69) is 33.6 Å². The molecule has 25 heavy (non-hydrogen) atoms. The summed E-state index contributed by atoms with van der Waals surface area (Å²) in [6.07, 6.45) is 5.18. The Balaban J connectivity index is 2.20. The van der Waals surface area contributed by atoms with Crippen LogP contribution < -0.4 is 4.90 Å². The zero-order valence-corrected chi connectivity index (χ0v) is 16.9. The number of carbonyl (C=O) groups excluding carboxylic acids is 1. The summed E-state index contributed by atoms with van der Waals surface area (Å²) in [4.78, 5) is 18.7. The van der Waals surface area contributed by atoms with Crippen LogP contribution in [0.3, 0.4) is 0 Å². The molecule has 10 heteroatoms. The average Bonchev–Trinajstić information content (AvgIpc) is 2.95. The lowest BCUT2D eigenvalue weighted by atomic mass is 9.56. The van der Waals surface area contributed by atoms with Gasteiger partial charge in [0.25, 0.3) is 0 Å². The van der Waals surface area contributed by atoms with Gasteiger partial charge in [-0.15, -0.1) is 0 Å². The predicted octanol–water partition coefficient (Wildman–Crippen LogP) is 0.153. The largest absolute Gasteiger partial charge is 0.308 e. The molecule has 1 atom stereocenters. The first-order valence-corrected chi connectivity index (χ1v) is 9.70. The Kier molecular flexibility index (Phi) is 6.68. The SMILES string of the molecule is BC(B)(B)SCC(C)C(=O)N(CC)c1cn(-c2cccnc2)nc1Cl. The first-order valence-electron chi connectivity index (χ1n) is 8.34. The second-order valence-electron chi connectivity index (χ2n) is 6.87. The van der Waals surface area contributed by atoms with Gasteiger partial charge in [-0.3, -0.25) is 9.78 Å². The number of rotatable bonds is 7. The number of nitrogens with zero attached hydrogens (tertiary/aromatic N) is 4. The highest BCUT2D eigenvalue weighted by molar-refractivity contribution is 8.04. The molecule has 0 radical (unpaired) electrons. The number of amides is 1. The topological polar surface area (TPSA) is 51.0 Å². The first-order chi connectivity index (χ1) is 11.7. The van der Waals surface area contributed by atoms with E-state index in [0.29, 0.717) is 17.4 Å². The second-order valence-corrected chi connectivity index (χ2v) is 9.07. The number of thioether (sulfide) groups is 1. The fraction of sp³-hybridized carbons (Fsp3) is 0.400. The molecule has 2 heterocycles. The molecule has 1 unspecified atom stereocenters. The number of aromatic nitrogens is 3. The van der Waals surface area contributed by atoms with Crippen molar-refractivity contribution in [2.24, 2.45) is 5.92 Å². The summed E-state index contributed by atoms with van der Waals surface area (Å²) in [6, 6.07) is 3.72. The minimum absolute atomic E-state index is 0.0619. The summed E-state index contributed by atoms with van der Waals surface area (Å²) >= 11 is 8.11. The van der Waals surface area contributed by atoms with Crippen LogP contribution in [0.2, 0.25) is 5.15 Å². The van der Waals surface area contributed by atoms with E-state index in [1.807, 2.05) is 26.0 Å². The molecule has 2 rings (SSSR count). The molecule has 0 aliphatic rings. The Morgan fingerprint density at radius 3 is 2.76 bits per heavy atom. The maximum Gasteiger partial charge on any atom is 0.230 e. The Morgan fingerprint density at radius 2 is 2.20 bits per heavy atom. The highest BCUT2D eigenvalue weighted by atomic mass is 35.5. The first kappa shape index (κ1) is 20.0. The fourth-order valence-electron chi connectivity index (χ4n) is 2.30. The zero-order valence-electron chi connectivity index (χ0n) is 15.4. The second kappa shape index (κ2) is 8.36. The number of hydrogen-bond acceptors (Lipinski definition) is 4. The summed E-state index contributed by atoms with van der Waals surface area (Å²) in [5.41, 5.74) is 1.43. The minimum Gasteiger partial charge on any atom is -0.308 e. The van der Waals surface area contributed by atoms with Crippen LogP contribution in [0.15, 0.2) is 30.7 Å². The van der Waals surface area contributed by atoms with Crippen LogP contribution >= 0.6 is 23.4 Å². The van der Waals surface area contributed by atoms with E-state index in [1.54, 1.807) is 39.9 Å². The molecule has 1 amide bonds. The lowest BCUT2D eigenvalue weighted by Gasteiger charge is -2.25. The molecular weight excluding hydrogens is 352 g/mol. The van der Waals surface area contributed by atoms with E-state index < -0.39 is 0 Å². The van der Waals surface area contributed by atoms with Crippen LogP contribution in [0.25, 0.3) is 5.69 Å². The van der Waals surface area contributed by atoms with E-state index in [0.717, 1.165) is 11.4 Å². The van der Waals surface area contributed by atoms with Crippen molar-refractivity contribution in [3.8, 4) is 5.69 Å². The summed E-state index contributed by atoms with van der Waals surface area (Å²) in [6.45, 7) is 4.45. The number of hydrogen-bond donors (Lipinski definition) is 0. The fourth-order valence-corrected chi connectivity index (χ4v) is 3.43. The highest BCUT2D eigenvalue weighted by Gasteiger charge is 2.26. The van der Waals surface area contributed by atoms with Crippen molar-refractivity contribution in [3.63, 3.8) is 0 Å². The molecule has 2 aromatic heterocycles. The summed E-state index contributed by atoms with van der Waals surface area (Å²) < 4.78 is 1.78. The standard InChI is InChI=1S/C15H22B3ClN4OS/c1-3-22(14(24)10(2)9-25-15(16,17)18)12-8-23(21-13(12)19)11-5-4-6-20-7-11/h4-8,10H,3,9,16-18H2,1-2H3. The van der Waals surface area contributed by atoms with E-state index in [9.17, 15) is 4.79 Å². The quantitative estimate of drug-likeness (QED) is 0.648. The van der Waals surface area contributed by atoms with Crippen LogP contribution in [-0.2, 0) is 4.79 Å². The minimum atomic E-state index is -0.0954. The maximum atomic E-state index is 12.9. The summed E-state index contributed by atoms with van der Waals surface area (Å²) in [5, 5.41) is 4.63. The summed E-state index contributed by atoms with van der Waals surface area (Å²) in [7, 11) is 6.46. The van der Waals surface area contributed by atoms with E-state index in [4.69, 9.17) is 11.6 Å². The molecule has 0 N–H and O–H groups in total. The normalized spacial score (nSPS) is 12.8. The van der Waals surface area contributed by atoms with Crippen molar-refractivity contribution < 1.29 is 4.79 Å². The third-order valence-corrected chi connectivity index (χ3v) is 5.42. The van der Waals surface area contributed by atoms with Crippen molar-refractivity contribution in [1.29, 1.82) is 0 Å². The molecule has 0 aliphatic heterocycles. The van der Waals surface area contributed by atoms with Gasteiger partial charge in [0, 0.05) is 24.4 Å². The molecule has 0 saturated heterocycles. The Hall–Kier alpha value is -1.34. The Labute approximate surface area is 161 Å². The zero-order chi connectivity index (χ0) is 18.6. The molecule has 0 bridgehead atoms. The van der Waals surface area contributed by atoms with Crippen molar-refractivity contribution in [3.05, 3.63) is 35.9 Å². The van der Waals surface area contributed by atoms with Gasteiger partial charge in [0.15, 0.2) is 5.15 Å². The maximum absolute atomic E-state index is 12.9. The molecule has 0 aromatic carbocycles. The Bertz CT molecular complexity index is 723. The monoisotopic (exact) mass is 374 g/mol. The van der Waals surface area contributed by atoms with Gasteiger partial charge in [0.2, 0.25) is 5.91 Å². The van der Waals surface area contributed by atoms with Gasteiger partial charge < -0.3 is 4.90 Å². The van der Waals surface area contributed by atoms with E-state index in [1.165, 1.54) is 0 Å². The third-order valence-electron chi connectivity index (χ3n) is 3.62. The van der Waals surface area contributed by atoms with E-state index in [-0.39, 0.29) is 16.3 Å². The van der Waals surface area contributed by atoms with Gasteiger partial charge in [0.1, 0.15) is 29.2 Å². The predicted molar refractivity (Wildman–Crippen MR) is 114 cm³/mol. The van der Waals surface area contributed by atoms with Crippen LogP contribution in [0.1, 0.15) is 13.8 Å². The van der Waals surface area contributed by atoms with E-state index >= 15 is 0 Å². The number of carbonyl (C=O) groups is 1. The molecule has 130 valence electrons. The van der Waals surface area contributed by atoms with Gasteiger partial charge in [0.05, 0.1) is 18.1 Å². The van der Waals surface area contributed by atoms with Gasteiger partial charge in [-0.1, -0.05) is 23.0 Å². The van der Waals surface area contributed by atoms with Gasteiger partial charge in [-0.2, -0.15) is 16.9 Å². The van der Waals surface area contributed by atoms with Crippen molar-refractivity contribution in [2.75, 3.05) is 17.2 Å². The molecular formula is C15H22B3ClN4OS. The smallest absolute Gasteiger partial charge is 0.230 e. The van der Waals surface area contributed by atoms with Gasteiger partial charge in [-0.25, -0.2) is 4.68 Å².